The van der Waals surface area contributed by atoms with Gasteiger partial charge >= 0.3 is 12.4 Å². The summed E-state index contributed by atoms with van der Waals surface area (Å²) in [6, 6.07) is 4.40. The molecule has 0 spiro atoms. The van der Waals surface area contributed by atoms with Crippen molar-refractivity contribution in [3.05, 3.63) is 57.5 Å². The van der Waals surface area contributed by atoms with Crippen LogP contribution in [-0.4, -0.2) is 99.5 Å². The first-order chi connectivity index (χ1) is 22.6. The summed E-state index contributed by atoms with van der Waals surface area (Å²) in [4.78, 5) is 42.4. The minimum atomic E-state index is -4.97. The van der Waals surface area contributed by atoms with Crippen LogP contribution in [0, 0.1) is 11.3 Å². The fraction of sp³-hybridized carbons (Fsp3) is 0.467. The van der Waals surface area contributed by atoms with Crippen molar-refractivity contribution in [1.29, 1.82) is 5.26 Å². The average Bonchev–Trinajstić information content (AvgIpc) is 3.00. The normalized spacial score (nSPS) is 17.5. The van der Waals surface area contributed by atoms with Crippen molar-refractivity contribution in [2.75, 3.05) is 55.6 Å². The quantitative estimate of drug-likeness (QED) is 0.249. The summed E-state index contributed by atoms with van der Waals surface area (Å²) < 4.78 is 82.6. The lowest BCUT2D eigenvalue weighted by Crippen LogP contribution is -2.60. The highest BCUT2D eigenvalue weighted by Crippen LogP contribution is 2.39. The van der Waals surface area contributed by atoms with Crippen molar-refractivity contribution in [1.82, 2.24) is 29.5 Å². The highest BCUT2D eigenvalue weighted by molar-refractivity contribution is 6.31. The van der Waals surface area contributed by atoms with E-state index >= 15 is 0 Å². The van der Waals surface area contributed by atoms with Gasteiger partial charge in [0.05, 0.1) is 46.4 Å². The molecule has 0 N–H and O–H groups in total. The minimum Gasteiger partial charge on any atom is -0.352 e. The van der Waals surface area contributed by atoms with Crippen LogP contribution in [-0.2, 0) is 11.0 Å². The molecule has 5 rings (SSSR count). The van der Waals surface area contributed by atoms with Gasteiger partial charge in [-0.25, -0.2) is 4.98 Å². The summed E-state index contributed by atoms with van der Waals surface area (Å²) in [6.07, 6.45) is -9.08. The Hall–Kier alpha value is -4.43. The molecule has 2 saturated heterocycles. The maximum Gasteiger partial charge on any atom is 0.421 e. The van der Waals surface area contributed by atoms with Crippen LogP contribution in [0.3, 0.4) is 0 Å². The third-order valence-corrected chi connectivity index (χ3v) is 8.87. The van der Waals surface area contributed by atoms with Gasteiger partial charge in [-0.15, -0.1) is 0 Å². The molecule has 2 aromatic heterocycles. The largest absolute Gasteiger partial charge is 0.421 e. The van der Waals surface area contributed by atoms with E-state index in [0.717, 1.165) is 36.3 Å². The molecule has 0 saturated carbocycles. The minimum absolute atomic E-state index is 0.0535. The summed E-state index contributed by atoms with van der Waals surface area (Å²) in [6.45, 7) is 9.07. The Morgan fingerprint density at radius 2 is 1.77 bits per heavy atom. The van der Waals surface area contributed by atoms with Gasteiger partial charge in [-0.05, 0) is 25.2 Å². The topological polar surface area (TPSA) is 114 Å². The third kappa shape index (κ3) is 6.50. The smallest absolute Gasteiger partial charge is 0.352 e. The molecule has 1 atom stereocenters. The van der Waals surface area contributed by atoms with Crippen molar-refractivity contribution in [3.8, 4) is 11.8 Å². The predicted octanol–water partition coefficient (Wildman–Crippen LogP) is 4.43. The molecule has 3 aromatic rings. The molecule has 48 heavy (non-hydrogen) atoms. The number of nitrogens with zero attached hydrogens (tertiary/aromatic N) is 9. The van der Waals surface area contributed by atoms with Crippen molar-refractivity contribution >= 4 is 40.2 Å². The first-order valence-corrected chi connectivity index (χ1v) is 15.3. The van der Waals surface area contributed by atoms with Crippen molar-refractivity contribution in [3.63, 3.8) is 0 Å². The van der Waals surface area contributed by atoms with E-state index < -0.39 is 51.7 Å². The highest BCUT2D eigenvalue weighted by Gasteiger charge is 2.43. The number of carbonyl (C=O) groups is 1. The second-order valence-corrected chi connectivity index (χ2v) is 11.7. The zero-order chi connectivity index (χ0) is 35.1. The van der Waals surface area contributed by atoms with Crippen LogP contribution < -0.4 is 15.4 Å². The van der Waals surface area contributed by atoms with Crippen LogP contribution in [0.1, 0.15) is 25.8 Å². The molecule has 11 nitrogen and oxygen atoms in total. The number of halogens is 7. The number of likely N-dealkylation sites (N-methyl/N-ethyl adjacent to an activating group) is 1. The molecule has 18 heteroatoms. The molecule has 4 heterocycles. The SMILES string of the molecule is C=C(C(=O)N1CCN(c2nc(N3CC(N(CC)CC)C3)nc3c(=O)n(-c4cccc(Cl)c4C(F)(F)F)ncc23)CC1CC#N)C(F)(F)F. The summed E-state index contributed by atoms with van der Waals surface area (Å²) in [5, 5.41) is 12.9. The second kappa shape index (κ2) is 13.2. The van der Waals surface area contributed by atoms with Gasteiger partial charge < -0.3 is 14.7 Å². The van der Waals surface area contributed by atoms with Crippen LogP contribution in [0.15, 0.2) is 41.3 Å². The van der Waals surface area contributed by atoms with Crippen LogP contribution in [0.4, 0.5) is 38.1 Å². The average molecular weight is 698 g/mol. The van der Waals surface area contributed by atoms with Crippen molar-refractivity contribution < 1.29 is 31.1 Å². The number of piperazine rings is 1. The van der Waals surface area contributed by atoms with Crippen LogP contribution in [0.2, 0.25) is 5.02 Å². The number of fused-ring (bicyclic) bond motifs is 1. The summed E-state index contributed by atoms with van der Waals surface area (Å²) in [5.41, 5.74) is -4.70. The van der Waals surface area contributed by atoms with Gasteiger partial charge in [0, 0.05) is 38.8 Å². The van der Waals surface area contributed by atoms with E-state index in [9.17, 15) is 41.2 Å². The van der Waals surface area contributed by atoms with Crippen molar-refractivity contribution in [2.24, 2.45) is 0 Å². The fourth-order valence-corrected chi connectivity index (χ4v) is 6.28. The Labute approximate surface area is 275 Å². The first kappa shape index (κ1) is 34.9. The molecule has 0 bridgehead atoms. The summed E-state index contributed by atoms with van der Waals surface area (Å²) in [5.74, 6) is -1.12. The number of alkyl halides is 6. The molecule has 2 aliphatic rings. The van der Waals surface area contributed by atoms with Gasteiger partial charge in [0.1, 0.15) is 16.9 Å². The van der Waals surface area contributed by atoms with Crippen LogP contribution in [0.25, 0.3) is 16.6 Å². The zero-order valence-corrected chi connectivity index (χ0v) is 26.6. The standard InChI is InChI=1S/C30H30ClF6N9O2/c1-4-42(5-2)19-15-44(16-19)28-40-24-20(13-39-46(27(24)48)22-8-6-7-21(31)23(22)30(35,36)37)25(41-28)43-11-12-45(18(14-43)9-10-38)26(47)17(3)29(32,33)34/h6-8,13,18-19H,3-5,9,11-12,14-16H2,1-2H3. The second-order valence-electron chi connectivity index (χ2n) is 11.3. The Morgan fingerprint density at radius 3 is 2.38 bits per heavy atom. The van der Waals surface area contributed by atoms with E-state index in [0.29, 0.717) is 17.8 Å². The van der Waals surface area contributed by atoms with Gasteiger partial charge in [-0.1, -0.05) is 38.1 Å². The number of carbonyl (C=O) groups excluding carboxylic acids is 1. The molecular weight excluding hydrogens is 668 g/mol. The number of anilines is 2. The van der Waals surface area contributed by atoms with E-state index in [2.05, 4.69) is 21.6 Å². The number of aromatic nitrogens is 4. The number of hydrogen-bond donors (Lipinski definition) is 0. The number of amides is 1. The third-order valence-electron chi connectivity index (χ3n) is 8.56. The molecular formula is C30H30ClF6N9O2. The van der Waals surface area contributed by atoms with E-state index in [1.165, 1.54) is 6.07 Å². The Morgan fingerprint density at radius 1 is 1.08 bits per heavy atom. The van der Waals surface area contributed by atoms with Gasteiger partial charge in [0.25, 0.3) is 11.5 Å². The van der Waals surface area contributed by atoms with Crippen molar-refractivity contribution in [2.45, 2.75) is 44.7 Å². The Kier molecular flexibility index (Phi) is 9.62. The lowest BCUT2D eigenvalue weighted by atomic mass is 10.1. The maximum atomic E-state index is 14.0. The van der Waals surface area contributed by atoms with Gasteiger partial charge in [-0.3, -0.25) is 14.5 Å². The molecule has 0 radical (unpaired) electrons. The number of benzene rings is 1. The molecule has 0 aliphatic carbocycles. The van der Waals surface area contributed by atoms with Crippen LogP contribution in [0.5, 0.6) is 0 Å². The zero-order valence-electron chi connectivity index (χ0n) is 25.8. The van der Waals surface area contributed by atoms with Gasteiger partial charge in [-0.2, -0.15) is 46.4 Å². The maximum absolute atomic E-state index is 14.0. The van der Waals surface area contributed by atoms with Crippen LogP contribution >= 0.6 is 11.6 Å². The van der Waals surface area contributed by atoms with E-state index in [1.54, 1.807) is 9.80 Å². The summed E-state index contributed by atoms with van der Waals surface area (Å²) >= 11 is 5.91. The number of hydrogen-bond acceptors (Lipinski definition) is 9. The molecule has 2 aliphatic heterocycles. The molecule has 1 unspecified atom stereocenters. The number of rotatable bonds is 8. The fourth-order valence-electron chi connectivity index (χ4n) is 6.00. The monoisotopic (exact) mass is 697 g/mol. The number of nitriles is 1. The van der Waals surface area contributed by atoms with Gasteiger partial charge in [0.2, 0.25) is 5.95 Å². The predicted molar refractivity (Wildman–Crippen MR) is 165 cm³/mol. The summed E-state index contributed by atoms with van der Waals surface area (Å²) in [7, 11) is 0. The highest BCUT2D eigenvalue weighted by atomic mass is 35.5. The first-order valence-electron chi connectivity index (χ1n) is 14.9. The molecule has 1 amide bonds. The molecule has 1 aromatic carbocycles. The Balaban J connectivity index is 1.61. The molecule has 256 valence electrons. The lowest BCUT2D eigenvalue weighted by molar-refractivity contribution is -0.142. The van der Waals surface area contributed by atoms with E-state index in [-0.39, 0.29) is 54.8 Å². The van der Waals surface area contributed by atoms with E-state index in [1.807, 2.05) is 19.9 Å². The lowest BCUT2D eigenvalue weighted by Gasteiger charge is -2.45. The Bertz CT molecular complexity index is 1830. The van der Waals surface area contributed by atoms with Gasteiger partial charge in [0.15, 0.2) is 0 Å². The van der Waals surface area contributed by atoms with E-state index in [4.69, 9.17) is 16.6 Å². The molecule has 2 fully saturated rings.